The van der Waals surface area contributed by atoms with Gasteiger partial charge in [0.25, 0.3) is 5.91 Å². The second-order valence-electron chi connectivity index (χ2n) is 6.87. The summed E-state index contributed by atoms with van der Waals surface area (Å²) < 4.78 is 0. The third-order valence-electron chi connectivity index (χ3n) is 4.76. The molecular formula is C22H23ClN4O. The summed E-state index contributed by atoms with van der Waals surface area (Å²) in [4.78, 5) is 16.8. The summed E-state index contributed by atoms with van der Waals surface area (Å²) in [7, 11) is 0. The quantitative estimate of drug-likeness (QED) is 0.618. The topological polar surface area (TPSA) is 59.4 Å². The van der Waals surface area contributed by atoms with E-state index in [2.05, 4.69) is 22.3 Å². The molecule has 28 heavy (non-hydrogen) atoms. The summed E-state index contributed by atoms with van der Waals surface area (Å²) in [6, 6.07) is 17.7. The highest BCUT2D eigenvalue weighted by atomic mass is 35.5. The Morgan fingerprint density at radius 3 is 2.54 bits per heavy atom. The van der Waals surface area contributed by atoms with E-state index in [1.54, 1.807) is 18.3 Å². The van der Waals surface area contributed by atoms with Crippen LogP contribution in [0, 0.1) is 18.3 Å². The maximum absolute atomic E-state index is 12.4. The summed E-state index contributed by atoms with van der Waals surface area (Å²) in [5.41, 5.74) is 2.90. The van der Waals surface area contributed by atoms with Crippen LogP contribution in [0.4, 0.5) is 5.69 Å². The molecule has 2 aromatic carbocycles. The van der Waals surface area contributed by atoms with Crippen LogP contribution in [-0.4, -0.2) is 41.9 Å². The van der Waals surface area contributed by atoms with E-state index >= 15 is 0 Å². The lowest BCUT2D eigenvalue weighted by Crippen LogP contribution is -2.43. The highest BCUT2D eigenvalue weighted by Crippen LogP contribution is 2.20. The van der Waals surface area contributed by atoms with Crippen LogP contribution >= 0.6 is 11.6 Å². The maximum Gasteiger partial charge on any atom is 0.267 e. The van der Waals surface area contributed by atoms with Gasteiger partial charge in [0.1, 0.15) is 11.6 Å². The minimum absolute atomic E-state index is 0.0909. The number of hydrogen-bond acceptors (Lipinski definition) is 4. The van der Waals surface area contributed by atoms with E-state index in [0.717, 1.165) is 38.3 Å². The first-order valence-electron chi connectivity index (χ1n) is 9.25. The van der Waals surface area contributed by atoms with E-state index in [-0.39, 0.29) is 5.57 Å². The van der Waals surface area contributed by atoms with Gasteiger partial charge in [-0.3, -0.25) is 9.69 Å². The van der Waals surface area contributed by atoms with Crippen LogP contribution in [-0.2, 0) is 11.3 Å². The number of nitriles is 1. The van der Waals surface area contributed by atoms with Crippen LogP contribution in [0.15, 0.2) is 60.3 Å². The molecule has 0 aliphatic carbocycles. The van der Waals surface area contributed by atoms with Crippen LogP contribution in [0.2, 0.25) is 5.02 Å². The van der Waals surface area contributed by atoms with Crippen molar-refractivity contribution in [1.29, 1.82) is 5.26 Å². The number of piperazine rings is 1. The number of carbonyl (C=O) groups excluding carboxylic acids is 1. The van der Waals surface area contributed by atoms with Gasteiger partial charge in [0, 0.05) is 49.6 Å². The molecule has 0 aromatic heterocycles. The molecule has 144 valence electrons. The van der Waals surface area contributed by atoms with E-state index in [9.17, 15) is 10.1 Å². The number of anilines is 1. The molecule has 5 nitrogen and oxygen atoms in total. The molecule has 0 bridgehead atoms. The Morgan fingerprint density at radius 1 is 1.18 bits per heavy atom. The second-order valence-corrected chi connectivity index (χ2v) is 7.28. The van der Waals surface area contributed by atoms with Gasteiger partial charge in [-0.25, -0.2) is 0 Å². The smallest absolute Gasteiger partial charge is 0.267 e. The molecule has 0 saturated carbocycles. The summed E-state index contributed by atoms with van der Waals surface area (Å²) in [5, 5.41) is 12.7. The number of nitrogens with one attached hydrogen (secondary N) is 1. The molecule has 1 saturated heterocycles. The van der Waals surface area contributed by atoms with Gasteiger partial charge >= 0.3 is 0 Å². The lowest BCUT2D eigenvalue weighted by Gasteiger charge is -2.34. The average Bonchev–Trinajstić information content (AvgIpc) is 2.71. The molecular weight excluding hydrogens is 372 g/mol. The number of benzene rings is 2. The Morgan fingerprint density at radius 2 is 1.89 bits per heavy atom. The fraction of sp³-hybridized carbons (Fsp3) is 0.273. The lowest BCUT2D eigenvalue weighted by molar-refractivity contribution is -0.112. The zero-order chi connectivity index (χ0) is 19.9. The van der Waals surface area contributed by atoms with Crippen molar-refractivity contribution < 1.29 is 4.79 Å². The first kappa shape index (κ1) is 19.9. The van der Waals surface area contributed by atoms with Crippen molar-refractivity contribution in [2.45, 2.75) is 13.5 Å². The first-order chi connectivity index (χ1) is 13.5. The zero-order valence-corrected chi connectivity index (χ0v) is 16.6. The number of hydrogen-bond donors (Lipinski definition) is 1. The van der Waals surface area contributed by atoms with Gasteiger partial charge < -0.3 is 10.2 Å². The number of halogens is 1. The fourth-order valence-corrected chi connectivity index (χ4v) is 3.26. The minimum atomic E-state index is -0.422. The van der Waals surface area contributed by atoms with Crippen molar-refractivity contribution in [3.05, 3.63) is 76.5 Å². The van der Waals surface area contributed by atoms with Crippen LogP contribution in [0.25, 0.3) is 0 Å². The van der Waals surface area contributed by atoms with Crippen molar-refractivity contribution >= 4 is 23.2 Å². The van der Waals surface area contributed by atoms with Gasteiger partial charge in [-0.1, -0.05) is 48.0 Å². The van der Waals surface area contributed by atoms with E-state index in [4.69, 9.17) is 11.6 Å². The van der Waals surface area contributed by atoms with E-state index in [1.165, 1.54) is 5.56 Å². The highest BCUT2D eigenvalue weighted by molar-refractivity contribution is 6.31. The molecule has 1 fully saturated rings. The van der Waals surface area contributed by atoms with Gasteiger partial charge in [0.05, 0.1) is 0 Å². The van der Waals surface area contributed by atoms with E-state index < -0.39 is 5.91 Å². The normalized spacial score (nSPS) is 15.2. The monoisotopic (exact) mass is 394 g/mol. The minimum Gasteiger partial charge on any atom is -0.374 e. The van der Waals surface area contributed by atoms with Crippen molar-refractivity contribution in [3.8, 4) is 6.07 Å². The molecule has 3 rings (SSSR count). The number of rotatable bonds is 5. The number of amides is 1. The summed E-state index contributed by atoms with van der Waals surface area (Å²) >= 11 is 6.09. The Labute approximate surface area is 170 Å². The second kappa shape index (κ2) is 9.41. The fourth-order valence-electron chi connectivity index (χ4n) is 3.08. The third kappa shape index (κ3) is 5.35. The molecule has 1 aliphatic heterocycles. The van der Waals surface area contributed by atoms with Gasteiger partial charge in [0.2, 0.25) is 0 Å². The predicted octanol–water partition coefficient (Wildman–Crippen LogP) is 3.81. The molecule has 0 radical (unpaired) electrons. The standard InChI is InChI=1S/C22H23ClN4O/c1-17-7-8-20(13-21(17)23)25-22(28)19(14-24)16-27-11-9-26(10-12-27)15-18-5-3-2-4-6-18/h2-8,13,16H,9-12,15H2,1H3,(H,25,28)/b19-16-. The highest BCUT2D eigenvalue weighted by Gasteiger charge is 2.17. The van der Waals surface area contributed by atoms with Crippen LogP contribution in [0.3, 0.4) is 0 Å². The van der Waals surface area contributed by atoms with Crippen LogP contribution in [0.5, 0.6) is 0 Å². The zero-order valence-electron chi connectivity index (χ0n) is 15.9. The molecule has 2 aromatic rings. The molecule has 1 amide bonds. The maximum atomic E-state index is 12.4. The van der Waals surface area contributed by atoms with Crippen molar-refractivity contribution in [2.75, 3.05) is 31.5 Å². The van der Waals surface area contributed by atoms with Gasteiger partial charge in [-0.15, -0.1) is 0 Å². The molecule has 0 atom stereocenters. The molecule has 1 aliphatic rings. The predicted molar refractivity (Wildman–Crippen MR) is 112 cm³/mol. The Kier molecular flexibility index (Phi) is 6.70. The average molecular weight is 395 g/mol. The number of aryl methyl sites for hydroxylation is 1. The van der Waals surface area contributed by atoms with Gasteiger partial charge in [0.15, 0.2) is 0 Å². The SMILES string of the molecule is Cc1ccc(NC(=O)/C(C#N)=C\N2CCN(Cc3ccccc3)CC2)cc1Cl. The number of nitrogens with zero attached hydrogens (tertiary/aromatic N) is 3. The molecule has 6 heteroatoms. The van der Waals surface area contributed by atoms with E-state index in [0.29, 0.717) is 10.7 Å². The Balaban J connectivity index is 1.56. The molecule has 0 spiro atoms. The van der Waals surface area contributed by atoms with Crippen molar-refractivity contribution in [1.82, 2.24) is 9.80 Å². The third-order valence-corrected chi connectivity index (χ3v) is 5.17. The molecule has 1 N–H and O–H groups in total. The Hall–Kier alpha value is -2.81. The lowest BCUT2D eigenvalue weighted by atomic mass is 10.2. The molecule has 1 heterocycles. The van der Waals surface area contributed by atoms with Gasteiger partial charge in [-0.05, 0) is 30.2 Å². The van der Waals surface area contributed by atoms with Crippen LogP contribution < -0.4 is 5.32 Å². The summed E-state index contributed by atoms with van der Waals surface area (Å²) in [6.45, 7) is 6.14. The van der Waals surface area contributed by atoms with Crippen molar-refractivity contribution in [2.24, 2.45) is 0 Å². The molecule has 0 unspecified atom stereocenters. The Bertz CT molecular complexity index is 896. The summed E-state index contributed by atoms with van der Waals surface area (Å²) in [6.07, 6.45) is 1.66. The van der Waals surface area contributed by atoms with Gasteiger partial charge in [-0.2, -0.15) is 5.26 Å². The van der Waals surface area contributed by atoms with Crippen molar-refractivity contribution in [3.63, 3.8) is 0 Å². The first-order valence-corrected chi connectivity index (χ1v) is 9.62. The van der Waals surface area contributed by atoms with Crippen LogP contribution in [0.1, 0.15) is 11.1 Å². The summed E-state index contributed by atoms with van der Waals surface area (Å²) in [5.74, 6) is -0.422. The largest absolute Gasteiger partial charge is 0.374 e. The van der Waals surface area contributed by atoms with E-state index in [1.807, 2.05) is 42.2 Å². The number of carbonyl (C=O) groups is 1.